The number of halogens is 1. The minimum Gasteiger partial charge on any atom is -0.351 e. The van der Waals surface area contributed by atoms with Crippen molar-refractivity contribution in [3.05, 3.63) is 77.3 Å². The normalized spacial score (nSPS) is 15.7. The van der Waals surface area contributed by atoms with Gasteiger partial charge in [0.25, 0.3) is 5.91 Å². The molecule has 5 nitrogen and oxygen atoms in total. The zero-order valence-electron chi connectivity index (χ0n) is 17.7. The topological polar surface area (TPSA) is 51.3 Å². The fourth-order valence-corrected chi connectivity index (χ4v) is 4.86. The van der Waals surface area contributed by atoms with Gasteiger partial charge in [0.15, 0.2) is 0 Å². The van der Waals surface area contributed by atoms with E-state index in [1.54, 1.807) is 6.07 Å². The molecule has 32 heavy (non-hydrogen) atoms. The molecule has 0 bridgehead atoms. The SMILES string of the molecule is CC#CCn1c(C2CCCN2C(=O)c2ccno2)c(-c2ccccc2)c2cc(Cl)ccc21. The van der Waals surface area contributed by atoms with E-state index in [9.17, 15) is 4.79 Å². The predicted molar refractivity (Wildman–Crippen MR) is 125 cm³/mol. The van der Waals surface area contributed by atoms with Crippen LogP contribution < -0.4 is 0 Å². The Balaban J connectivity index is 1.76. The molecule has 160 valence electrons. The first-order valence-corrected chi connectivity index (χ1v) is 11.0. The summed E-state index contributed by atoms with van der Waals surface area (Å²) in [5, 5.41) is 5.47. The number of benzene rings is 2. The molecule has 3 heterocycles. The quantitative estimate of drug-likeness (QED) is 0.366. The van der Waals surface area contributed by atoms with Crippen LogP contribution in [0, 0.1) is 11.8 Å². The van der Waals surface area contributed by atoms with Crippen molar-refractivity contribution in [2.75, 3.05) is 6.54 Å². The van der Waals surface area contributed by atoms with E-state index in [2.05, 4.69) is 33.7 Å². The maximum atomic E-state index is 13.3. The fourth-order valence-electron chi connectivity index (χ4n) is 4.69. The van der Waals surface area contributed by atoms with E-state index in [0.717, 1.165) is 40.6 Å². The van der Waals surface area contributed by atoms with Gasteiger partial charge in [-0.25, -0.2) is 0 Å². The van der Waals surface area contributed by atoms with Crippen LogP contribution in [0.1, 0.15) is 42.1 Å². The summed E-state index contributed by atoms with van der Waals surface area (Å²) in [6.07, 6.45) is 3.29. The summed E-state index contributed by atoms with van der Waals surface area (Å²) in [5.41, 5.74) is 4.34. The van der Waals surface area contributed by atoms with E-state index >= 15 is 0 Å². The van der Waals surface area contributed by atoms with E-state index in [0.29, 0.717) is 18.1 Å². The molecule has 0 radical (unpaired) electrons. The molecule has 0 spiro atoms. The van der Waals surface area contributed by atoms with Crippen molar-refractivity contribution >= 4 is 28.4 Å². The molecule has 2 aromatic heterocycles. The summed E-state index contributed by atoms with van der Waals surface area (Å²) < 4.78 is 7.43. The molecule has 2 aromatic carbocycles. The number of rotatable bonds is 4. The Labute approximate surface area is 191 Å². The Morgan fingerprint density at radius 2 is 2.06 bits per heavy atom. The van der Waals surface area contributed by atoms with Crippen LogP contribution in [0.15, 0.2) is 65.3 Å². The summed E-state index contributed by atoms with van der Waals surface area (Å²) in [4.78, 5) is 15.2. The maximum absolute atomic E-state index is 13.3. The van der Waals surface area contributed by atoms with Gasteiger partial charge in [0, 0.05) is 34.1 Å². The predicted octanol–water partition coefficient (Wildman–Crippen LogP) is 5.95. The molecule has 6 heteroatoms. The maximum Gasteiger partial charge on any atom is 0.293 e. The van der Waals surface area contributed by atoms with Crippen LogP contribution >= 0.6 is 11.6 Å². The lowest BCUT2D eigenvalue weighted by Gasteiger charge is -2.26. The molecule has 1 unspecified atom stereocenters. The van der Waals surface area contributed by atoms with Crippen LogP contribution in [0.25, 0.3) is 22.0 Å². The highest BCUT2D eigenvalue weighted by molar-refractivity contribution is 6.31. The lowest BCUT2D eigenvalue weighted by molar-refractivity contribution is 0.0689. The Morgan fingerprint density at radius 1 is 1.22 bits per heavy atom. The first kappa shape index (κ1) is 20.4. The summed E-state index contributed by atoms with van der Waals surface area (Å²) in [5.74, 6) is 6.36. The molecule has 5 rings (SSSR count). The summed E-state index contributed by atoms with van der Waals surface area (Å²) in [7, 11) is 0. The van der Waals surface area contributed by atoms with Gasteiger partial charge in [-0.1, -0.05) is 53.0 Å². The number of fused-ring (bicyclic) bond motifs is 1. The third-order valence-corrected chi connectivity index (χ3v) is 6.26. The molecule has 1 fully saturated rings. The van der Waals surface area contributed by atoms with Crippen molar-refractivity contribution in [2.45, 2.75) is 32.4 Å². The van der Waals surface area contributed by atoms with E-state index in [1.807, 2.05) is 48.2 Å². The Morgan fingerprint density at radius 3 is 2.81 bits per heavy atom. The molecule has 0 N–H and O–H groups in total. The second kappa shape index (κ2) is 8.57. The van der Waals surface area contributed by atoms with Gasteiger partial charge in [-0.3, -0.25) is 4.79 Å². The number of hydrogen-bond acceptors (Lipinski definition) is 3. The van der Waals surface area contributed by atoms with Gasteiger partial charge in [-0.05, 0) is 43.5 Å². The number of carbonyl (C=O) groups is 1. The molecule has 1 atom stereocenters. The zero-order valence-corrected chi connectivity index (χ0v) is 18.5. The van der Waals surface area contributed by atoms with Crippen LogP contribution in [-0.4, -0.2) is 27.1 Å². The van der Waals surface area contributed by atoms with Gasteiger partial charge in [-0.2, -0.15) is 0 Å². The zero-order chi connectivity index (χ0) is 22.1. The molecular weight excluding hydrogens is 422 g/mol. The number of carbonyl (C=O) groups excluding carboxylic acids is 1. The van der Waals surface area contributed by atoms with E-state index in [4.69, 9.17) is 16.1 Å². The fraction of sp³-hybridized carbons (Fsp3) is 0.231. The molecular formula is C26H22ClN3O2. The smallest absolute Gasteiger partial charge is 0.293 e. The van der Waals surface area contributed by atoms with E-state index < -0.39 is 0 Å². The van der Waals surface area contributed by atoms with Gasteiger partial charge in [0.2, 0.25) is 5.76 Å². The average molecular weight is 444 g/mol. The largest absolute Gasteiger partial charge is 0.351 e. The van der Waals surface area contributed by atoms with Gasteiger partial charge in [-0.15, -0.1) is 5.92 Å². The van der Waals surface area contributed by atoms with Gasteiger partial charge < -0.3 is 14.0 Å². The van der Waals surface area contributed by atoms with Crippen molar-refractivity contribution in [2.24, 2.45) is 0 Å². The Kier molecular flexibility index (Phi) is 5.46. The third-order valence-electron chi connectivity index (χ3n) is 6.02. The highest BCUT2D eigenvalue weighted by atomic mass is 35.5. The highest BCUT2D eigenvalue weighted by Gasteiger charge is 2.36. The monoisotopic (exact) mass is 443 g/mol. The van der Waals surface area contributed by atoms with Gasteiger partial charge >= 0.3 is 0 Å². The standard InChI is InChI=1S/C26H22ClN3O2/c1-2-3-15-29-21-12-11-19(27)17-20(21)24(18-8-5-4-6-9-18)25(29)22-10-7-16-30(22)26(31)23-13-14-28-32-23/h4-6,8-9,11-14,17,22H,7,10,15-16H2,1H3. The third kappa shape index (κ3) is 3.47. The molecule has 0 saturated carbocycles. The number of amides is 1. The van der Waals surface area contributed by atoms with E-state index in [1.165, 1.54) is 6.20 Å². The van der Waals surface area contributed by atoms with Crippen molar-refractivity contribution in [3.8, 4) is 23.0 Å². The first-order chi connectivity index (χ1) is 15.7. The van der Waals surface area contributed by atoms with Crippen molar-refractivity contribution < 1.29 is 9.32 Å². The lowest BCUT2D eigenvalue weighted by atomic mass is 9.97. The van der Waals surface area contributed by atoms with Crippen LogP contribution in [0.2, 0.25) is 5.02 Å². The minimum atomic E-state index is -0.138. The molecule has 4 aromatic rings. The summed E-state index contributed by atoms with van der Waals surface area (Å²) in [6, 6.07) is 17.8. The van der Waals surface area contributed by atoms with Gasteiger partial charge in [0.1, 0.15) is 0 Å². The molecule has 1 aliphatic rings. The number of nitrogens with zero attached hydrogens (tertiary/aromatic N) is 3. The first-order valence-electron chi connectivity index (χ1n) is 10.7. The van der Waals surface area contributed by atoms with Crippen LogP contribution in [0.3, 0.4) is 0 Å². The minimum absolute atomic E-state index is 0.104. The Hall–Kier alpha value is -3.49. The second-order valence-electron chi connectivity index (χ2n) is 7.83. The van der Waals surface area contributed by atoms with Crippen molar-refractivity contribution in [3.63, 3.8) is 0 Å². The van der Waals surface area contributed by atoms with Crippen LogP contribution in [0.4, 0.5) is 0 Å². The number of aromatic nitrogens is 2. The van der Waals surface area contributed by atoms with Crippen LogP contribution in [0.5, 0.6) is 0 Å². The van der Waals surface area contributed by atoms with Gasteiger partial charge in [0.05, 0.1) is 24.5 Å². The summed E-state index contributed by atoms with van der Waals surface area (Å²) in [6.45, 7) is 3.05. The Bertz CT molecular complexity index is 1330. The number of hydrogen-bond donors (Lipinski definition) is 0. The molecule has 1 saturated heterocycles. The number of likely N-dealkylation sites (tertiary alicyclic amines) is 1. The van der Waals surface area contributed by atoms with E-state index in [-0.39, 0.29) is 17.7 Å². The molecule has 1 amide bonds. The van der Waals surface area contributed by atoms with Crippen molar-refractivity contribution in [1.29, 1.82) is 0 Å². The molecule has 0 aliphatic carbocycles. The highest BCUT2D eigenvalue weighted by Crippen LogP contribution is 2.44. The summed E-state index contributed by atoms with van der Waals surface area (Å²) >= 11 is 6.43. The lowest BCUT2D eigenvalue weighted by Crippen LogP contribution is -2.31. The van der Waals surface area contributed by atoms with Crippen molar-refractivity contribution in [1.82, 2.24) is 14.6 Å². The van der Waals surface area contributed by atoms with Crippen LogP contribution in [-0.2, 0) is 6.54 Å². The average Bonchev–Trinajstić information content (AvgIpc) is 3.56. The molecule has 1 aliphatic heterocycles. The second-order valence-corrected chi connectivity index (χ2v) is 8.27.